The number of anilines is 1. The third-order valence-electron chi connectivity index (χ3n) is 2.88. The SMILES string of the molecule is CC1(O)CCN(c2cc(Cl)nnc2Cl)CC1. The van der Waals surface area contributed by atoms with Gasteiger partial charge in [0.05, 0.1) is 11.3 Å². The molecule has 16 heavy (non-hydrogen) atoms. The minimum atomic E-state index is -0.576. The highest BCUT2D eigenvalue weighted by Gasteiger charge is 2.28. The highest BCUT2D eigenvalue weighted by atomic mass is 35.5. The number of rotatable bonds is 1. The van der Waals surface area contributed by atoms with E-state index in [1.54, 1.807) is 6.07 Å². The average Bonchev–Trinajstić information content (AvgIpc) is 2.22. The second-order valence-electron chi connectivity index (χ2n) is 4.33. The van der Waals surface area contributed by atoms with E-state index in [2.05, 4.69) is 15.1 Å². The average molecular weight is 262 g/mol. The van der Waals surface area contributed by atoms with Gasteiger partial charge in [0.2, 0.25) is 0 Å². The fourth-order valence-electron chi connectivity index (χ4n) is 1.80. The Balaban J connectivity index is 2.17. The van der Waals surface area contributed by atoms with Gasteiger partial charge < -0.3 is 10.0 Å². The normalized spacial score (nSPS) is 19.9. The van der Waals surface area contributed by atoms with Gasteiger partial charge in [-0.05, 0) is 19.8 Å². The maximum atomic E-state index is 9.85. The molecule has 4 nitrogen and oxygen atoms in total. The Kier molecular flexibility index (Phi) is 3.24. The summed E-state index contributed by atoms with van der Waals surface area (Å²) in [5, 5.41) is 18.0. The summed E-state index contributed by atoms with van der Waals surface area (Å²) >= 11 is 11.7. The number of aromatic nitrogens is 2. The Morgan fingerprint density at radius 1 is 1.31 bits per heavy atom. The summed E-state index contributed by atoms with van der Waals surface area (Å²) in [6, 6.07) is 1.71. The van der Waals surface area contributed by atoms with Gasteiger partial charge in [-0.3, -0.25) is 0 Å². The summed E-state index contributed by atoms with van der Waals surface area (Å²) in [4.78, 5) is 2.07. The molecule has 1 aromatic heterocycles. The molecule has 0 radical (unpaired) electrons. The zero-order valence-corrected chi connectivity index (χ0v) is 10.5. The van der Waals surface area contributed by atoms with Crippen LogP contribution in [0, 0.1) is 0 Å². The molecule has 88 valence electrons. The standard InChI is InChI=1S/C10H13Cl2N3O/c1-10(16)2-4-15(5-3-10)7-6-8(11)13-14-9(7)12/h6,16H,2-5H2,1H3. The van der Waals surface area contributed by atoms with Crippen LogP contribution in [0.1, 0.15) is 19.8 Å². The minimum absolute atomic E-state index is 0.330. The van der Waals surface area contributed by atoms with Crippen LogP contribution >= 0.6 is 23.2 Å². The molecule has 0 atom stereocenters. The third-order valence-corrected chi connectivity index (χ3v) is 3.34. The van der Waals surface area contributed by atoms with E-state index < -0.39 is 5.60 Å². The first-order chi connectivity index (χ1) is 7.48. The summed E-state index contributed by atoms with van der Waals surface area (Å²) in [6.45, 7) is 3.34. The van der Waals surface area contributed by atoms with Crippen LogP contribution in [0.3, 0.4) is 0 Å². The molecule has 0 unspecified atom stereocenters. The topological polar surface area (TPSA) is 49.2 Å². The van der Waals surface area contributed by atoms with Crippen molar-refractivity contribution in [3.8, 4) is 0 Å². The Morgan fingerprint density at radius 2 is 1.94 bits per heavy atom. The van der Waals surface area contributed by atoms with E-state index in [0.29, 0.717) is 23.1 Å². The lowest BCUT2D eigenvalue weighted by atomic mass is 9.94. The van der Waals surface area contributed by atoms with Crippen LogP contribution in [0.2, 0.25) is 10.3 Å². The molecule has 1 aliphatic heterocycles. The summed E-state index contributed by atoms with van der Waals surface area (Å²) in [5.41, 5.74) is 0.213. The Labute approximate surface area is 104 Å². The monoisotopic (exact) mass is 261 g/mol. The minimum Gasteiger partial charge on any atom is -0.390 e. The smallest absolute Gasteiger partial charge is 0.175 e. The van der Waals surface area contributed by atoms with Crippen molar-refractivity contribution in [1.82, 2.24) is 10.2 Å². The van der Waals surface area contributed by atoms with E-state index in [4.69, 9.17) is 23.2 Å². The third kappa shape index (κ3) is 2.56. The van der Waals surface area contributed by atoms with Crippen LogP contribution in [0.25, 0.3) is 0 Å². The van der Waals surface area contributed by atoms with Crippen LogP contribution in [0.5, 0.6) is 0 Å². The molecule has 6 heteroatoms. The first-order valence-corrected chi connectivity index (χ1v) is 5.90. The molecule has 0 spiro atoms. The molecule has 0 amide bonds. The molecule has 1 N–H and O–H groups in total. The zero-order chi connectivity index (χ0) is 11.8. The van der Waals surface area contributed by atoms with Gasteiger partial charge in [-0.2, -0.15) is 0 Å². The van der Waals surface area contributed by atoms with Crippen molar-refractivity contribution in [2.75, 3.05) is 18.0 Å². The van der Waals surface area contributed by atoms with Gasteiger partial charge in [0.15, 0.2) is 10.3 Å². The van der Waals surface area contributed by atoms with Gasteiger partial charge in [-0.25, -0.2) is 0 Å². The van der Waals surface area contributed by atoms with Crippen LogP contribution in [-0.4, -0.2) is 34.0 Å². The summed E-state index contributed by atoms with van der Waals surface area (Å²) < 4.78 is 0. The van der Waals surface area contributed by atoms with Crippen LogP contribution in [-0.2, 0) is 0 Å². The number of piperidine rings is 1. The summed E-state index contributed by atoms with van der Waals surface area (Å²) in [6.07, 6.45) is 1.42. The molecule has 1 saturated heterocycles. The van der Waals surface area contributed by atoms with Crippen molar-refractivity contribution in [3.05, 3.63) is 16.4 Å². The van der Waals surface area contributed by atoms with E-state index in [-0.39, 0.29) is 0 Å². The van der Waals surface area contributed by atoms with Gasteiger partial charge in [0, 0.05) is 19.2 Å². The second-order valence-corrected chi connectivity index (χ2v) is 5.07. The van der Waals surface area contributed by atoms with Crippen LogP contribution in [0.15, 0.2) is 6.07 Å². The Hall–Kier alpha value is -0.580. The molecule has 0 bridgehead atoms. The molecule has 1 fully saturated rings. The Bertz CT molecular complexity index is 388. The molecular weight excluding hydrogens is 249 g/mol. The number of nitrogens with zero attached hydrogens (tertiary/aromatic N) is 3. The molecule has 1 aliphatic rings. The summed E-state index contributed by atoms with van der Waals surface area (Å²) in [7, 11) is 0. The number of hydrogen-bond donors (Lipinski definition) is 1. The lowest BCUT2D eigenvalue weighted by Crippen LogP contribution is -2.42. The molecule has 0 aromatic carbocycles. The highest BCUT2D eigenvalue weighted by Crippen LogP contribution is 2.30. The van der Waals surface area contributed by atoms with Gasteiger partial charge in [-0.1, -0.05) is 23.2 Å². The van der Waals surface area contributed by atoms with Crippen molar-refractivity contribution in [3.63, 3.8) is 0 Å². The van der Waals surface area contributed by atoms with Gasteiger partial charge in [0.1, 0.15) is 0 Å². The molecule has 1 aromatic rings. The van der Waals surface area contributed by atoms with Crippen LogP contribution in [0.4, 0.5) is 5.69 Å². The van der Waals surface area contributed by atoms with Crippen molar-refractivity contribution in [1.29, 1.82) is 0 Å². The quantitative estimate of drug-likeness (QED) is 0.842. The fraction of sp³-hybridized carbons (Fsp3) is 0.600. The highest BCUT2D eigenvalue weighted by molar-refractivity contribution is 6.33. The first-order valence-electron chi connectivity index (χ1n) is 5.14. The number of hydrogen-bond acceptors (Lipinski definition) is 4. The predicted molar refractivity (Wildman–Crippen MR) is 64.1 cm³/mol. The predicted octanol–water partition coefficient (Wildman–Crippen LogP) is 2.13. The van der Waals surface area contributed by atoms with Crippen molar-refractivity contribution < 1.29 is 5.11 Å². The van der Waals surface area contributed by atoms with E-state index >= 15 is 0 Å². The molecule has 2 rings (SSSR count). The van der Waals surface area contributed by atoms with Gasteiger partial charge in [0.25, 0.3) is 0 Å². The van der Waals surface area contributed by atoms with Crippen molar-refractivity contribution in [2.24, 2.45) is 0 Å². The maximum Gasteiger partial charge on any atom is 0.175 e. The van der Waals surface area contributed by atoms with Crippen molar-refractivity contribution >= 4 is 28.9 Å². The number of aliphatic hydroxyl groups is 1. The van der Waals surface area contributed by atoms with Gasteiger partial charge >= 0.3 is 0 Å². The van der Waals surface area contributed by atoms with E-state index in [9.17, 15) is 5.11 Å². The number of halogens is 2. The molecule has 0 aliphatic carbocycles. The molecular formula is C10H13Cl2N3O. The van der Waals surface area contributed by atoms with Gasteiger partial charge in [-0.15, -0.1) is 10.2 Å². The molecule has 2 heterocycles. The van der Waals surface area contributed by atoms with E-state index in [1.807, 2.05) is 6.92 Å². The maximum absolute atomic E-state index is 9.85. The van der Waals surface area contributed by atoms with E-state index in [0.717, 1.165) is 18.8 Å². The lowest BCUT2D eigenvalue weighted by Gasteiger charge is -2.37. The lowest BCUT2D eigenvalue weighted by molar-refractivity contribution is 0.0351. The van der Waals surface area contributed by atoms with Crippen LogP contribution < -0.4 is 4.90 Å². The zero-order valence-electron chi connectivity index (χ0n) is 8.95. The Morgan fingerprint density at radius 3 is 2.56 bits per heavy atom. The second kappa shape index (κ2) is 4.35. The van der Waals surface area contributed by atoms with Crippen molar-refractivity contribution in [2.45, 2.75) is 25.4 Å². The molecule has 0 saturated carbocycles. The fourth-order valence-corrected chi connectivity index (χ4v) is 2.15. The summed E-state index contributed by atoms with van der Waals surface area (Å²) in [5.74, 6) is 0. The first kappa shape index (κ1) is 11.9. The van der Waals surface area contributed by atoms with E-state index in [1.165, 1.54) is 0 Å². The largest absolute Gasteiger partial charge is 0.390 e.